The normalized spacial score (nSPS) is 39.0. The van der Waals surface area contributed by atoms with Crippen LogP contribution >= 0.6 is 11.9 Å². The van der Waals surface area contributed by atoms with Gasteiger partial charge in [-0.15, -0.1) is 0 Å². The van der Waals surface area contributed by atoms with Crippen LogP contribution in [0.1, 0.15) is 12.8 Å². The van der Waals surface area contributed by atoms with Crippen molar-refractivity contribution in [2.24, 2.45) is 5.92 Å². The van der Waals surface area contributed by atoms with Crippen LogP contribution in [-0.2, 0) is 0 Å². The molecule has 0 bridgehead atoms. The number of rotatable bonds is 1. The van der Waals surface area contributed by atoms with Crippen molar-refractivity contribution in [2.75, 3.05) is 25.9 Å². The third-order valence-electron chi connectivity index (χ3n) is 2.82. The second kappa shape index (κ2) is 3.33. The van der Waals surface area contributed by atoms with Crippen LogP contribution in [0, 0.1) is 5.92 Å². The summed E-state index contributed by atoms with van der Waals surface area (Å²) in [5.41, 5.74) is 0. The van der Waals surface area contributed by atoms with Gasteiger partial charge in [0.05, 0.1) is 0 Å². The SMILES string of the molecule is CSN1CC2CCCNC2C1. The molecule has 2 atom stereocenters. The first-order valence-corrected chi connectivity index (χ1v) is 5.61. The molecule has 0 radical (unpaired) electrons. The second-order valence-corrected chi connectivity index (χ2v) is 4.37. The maximum absolute atomic E-state index is 3.59. The lowest BCUT2D eigenvalue weighted by Crippen LogP contribution is -2.40. The van der Waals surface area contributed by atoms with E-state index in [0.717, 1.165) is 12.0 Å². The molecule has 1 N–H and O–H groups in total. The molecule has 0 aromatic rings. The molecule has 0 saturated carbocycles. The van der Waals surface area contributed by atoms with E-state index in [9.17, 15) is 0 Å². The molecule has 3 heteroatoms. The highest BCUT2D eigenvalue weighted by Crippen LogP contribution is 2.27. The number of nitrogens with zero attached hydrogens (tertiary/aromatic N) is 1. The van der Waals surface area contributed by atoms with Gasteiger partial charge in [-0.2, -0.15) is 0 Å². The van der Waals surface area contributed by atoms with Gasteiger partial charge in [0.15, 0.2) is 0 Å². The van der Waals surface area contributed by atoms with E-state index < -0.39 is 0 Å². The van der Waals surface area contributed by atoms with Crippen molar-refractivity contribution in [3.05, 3.63) is 0 Å². The molecule has 0 amide bonds. The zero-order valence-electron chi connectivity index (χ0n) is 7.05. The minimum atomic E-state index is 0.802. The third-order valence-corrected chi connectivity index (χ3v) is 3.64. The van der Waals surface area contributed by atoms with Crippen molar-refractivity contribution >= 4 is 11.9 Å². The van der Waals surface area contributed by atoms with Crippen molar-refractivity contribution in [1.82, 2.24) is 9.62 Å². The highest BCUT2D eigenvalue weighted by molar-refractivity contribution is 7.96. The Balaban J connectivity index is 1.92. The molecule has 2 aliphatic rings. The minimum Gasteiger partial charge on any atom is -0.312 e. The lowest BCUT2D eigenvalue weighted by Gasteiger charge is -2.24. The Morgan fingerprint density at radius 3 is 3.09 bits per heavy atom. The van der Waals surface area contributed by atoms with Gasteiger partial charge in [-0.25, -0.2) is 4.31 Å². The molecule has 2 saturated heterocycles. The average Bonchev–Trinajstić information content (AvgIpc) is 2.46. The lowest BCUT2D eigenvalue weighted by atomic mass is 9.94. The summed E-state index contributed by atoms with van der Waals surface area (Å²) in [4.78, 5) is 0. The van der Waals surface area contributed by atoms with E-state index in [2.05, 4.69) is 15.9 Å². The molecule has 2 rings (SSSR count). The maximum Gasteiger partial charge on any atom is 0.0247 e. The fraction of sp³-hybridized carbons (Fsp3) is 1.00. The molecule has 0 spiro atoms. The number of hydrogen-bond donors (Lipinski definition) is 1. The van der Waals surface area contributed by atoms with Crippen molar-refractivity contribution in [3.8, 4) is 0 Å². The first-order valence-electron chi connectivity index (χ1n) is 4.42. The van der Waals surface area contributed by atoms with E-state index in [1.807, 2.05) is 11.9 Å². The number of hydrogen-bond acceptors (Lipinski definition) is 3. The Hall–Kier alpha value is 0.270. The Labute approximate surface area is 72.9 Å². The van der Waals surface area contributed by atoms with E-state index in [4.69, 9.17) is 0 Å². The summed E-state index contributed by atoms with van der Waals surface area (Å²) >= 11 is 1.89. The number of piperidine rings is 1. The molecule has 2 fully saturated rings. The Bertz CT molecular complexity index is 126. The molecular formula is C8H16N2S. The monoisotopic (exact) mass is 172 g/mol. The van der Waals surface area contributed by atoms with Gasteiger partial charge in [0.2, 0.25) is 0 Å². The molecule has 0 aromatic heterocycles. The second-order valence-electron chi connectivity index (χ2n) is 3.49. The largest absolute Gasteiger partial charge is 0.312 e. The zero-order chi connectivity index (χ0) is 7.68. The number of nitrogens with one attached hydrogen (secondary N) is 1. The molecule has 2 unspecified atom stereocenters. The fourth-order valence-electron chi connectivity index (χ4n) is 2.16. The van der Waals surface area contributed by atoms with E-state index in [1.165, 1.54) is 32.5 Å². The van der Waals surface area contributed by atoms with Gasteiger partial charge in [-0.1, -0.05) is 11.9 Å². The Morgan fingerprint density at radius 2 is 2.36 bits per heavy atom. The standard InChI is InChI=1S/C8H16N2S/c1-11-10-5-7-3-2-4-9-8(7)6-10/h7-9H,2-6H2,1H3. The fourth-order valence-corrected chi connectivity index (χ4v) is 2.81. The van der Waals surface area contributed by atoms with E-state index in [1.54, 1.807) is 0 Å². The molecule has 0 aromatic carbocycles. The van der Waals surface area contributed by atoms with Crippen molar-refractivity contribution < 1.29 is 0 Å². The van der Waals surface area contributed by atoms with Gasteiger partial charge in [-0.05, 0) is 31.6 Å². The Kier molecular flexibility index (Phi) is 2.39. The van der Waals surface area contributed by atoms with Crippen LogP contribution in [0.2, 0.25) is 0 Å². The smallest absolute Gasteiger partial charge is 0.0247 e. The van der Waals surface area contributed by atoms with Crippen LogP contribution in [0.25, 0.3) is 0 Å². The van der Waals surface area contributed by atoms with Crippen LogP contribution < -0.4 is 5.32 Å². The van der Waals surface area contributed by atoms with Crippen LogP contribution in [0.15, 0.2) is 0 Å². The topological polar surface area (TPSA) is 15.3 Å². The van der Waals surface area contributed by atoms with Gasteiger partial charge in [-0.3, -0.25) is 0 Å². The first kappa shape index (κ1) is 7.90. The summed E-state index contributed by atoms with van der Waals surface area (Å²) in [5, 5.41) is 3.59. The molecule has 11 heavy (non-hydrogen) atoms. The average molecular weight is 172 g/mol. The van der Waals surface area contributed by atoms with E-state index in [0.29, 0.717) is 0 Å². The zero-order valence-corrected chi connectivity index (χ0v) is 7.86. The first-order chi connectivity index (χ1) is 5.40. The molecule has 64 valence electrons. The minimum absolute atomic E-state index is 0.802. The van der Waals surface area contributed by atoms with Crippen LogP contribution in [-0.4, -0.2) is 36.2 Å². The molecular weight excluding hydrogens is 156 g/mol. The lowest BCUT2D eigenvalue weighted by molar-refractivity contribution is 0.339. The summed E-state index contributed by atoms with van der Waals surface area (Å²) in [6.07, 6.45) is 5.00. The molecule has 2 heterocycles. The van der Waals surface area contributed by atoms with Gasteiger partial charge in [0.1, 0.15) is 0 Å². The number of fused-ring (bicyclic) bond motifs is 1. The quantitative estimate of drug-likeness (QED) is 0.593. The predicted octanol–water partition coefficient (Wildman–Crippen LogP) is 0.948. The Morgan fingerprint density at radius 1 is 1.45 bits per heavy atom. The summed E-state index contributed by atoms with van der Waals surface area (Å²) in [6.45, 7) is 3.80. The molecule has 2 aliphatic heterocycles. The summed E-state index contributed by atoms with van der Waals surface area (Å²) in [5.74, 6) is 0.941. The third kappa shape index (κ3) is 1.55. The van der Waals surface area contributed by atoms with Crippen LogP contribution in [0.5, 0.6) is 0 Å². The highest BCUT2D eigenvalue weighted by Gasteiger charge is 2.33. The predicted molar refractivity (Wildman–Crippen MR) is 49.6 cm³/mol. The van der Waals surface area contributed by atoms with Crippen molar-refractivity contribution in [3.63, 3.8) is 0 Å². The highest BCUT2D eigenvalue weighted by atomic mass is 32.2. The van der Waals surface area contributed by atoms with Crippen molar-refractivity contribution in [1.29, 1.82) is 0 Å². The van der Waals surface area contributed by atoms with Crippen molar-refractivity contribution in [2.45, 2.75) is 18.9 Å². The summed E-state index contributed by atoms with van der Waals surface area (Å²) < 4.78 is 2.48. The summed E-state index contributed by atoms with van der Waals surface area (Å²) in [7, 11) is 0. The van der Waals surface area contributed by atoms with E-state index >= 15 is 0 Å². The van der Waals surface area contributed by atoms with Gasteiger partial charge in [0, 0.05) is 19.1 Å². The van der Waals surface area contributed by atoms with E-state index in [-0.39, 0.29) is 0 Å². The van der Waals surface area contributed by atoms with Gasteiger partial charge < -0.3 is 5.32 Å². The van der Waals surface area contributed by atoms with Gasteiger partial charge in [0.25, 0.3) is 0 Å². The van der Waals surface area contributed by atoms with Crippen LogP contribution in [0.3, 0.4) is 0 Å². The molecule has 2 nitrogen and oxygen atoms in total. The maximum atomic E-state index is 3.59. The summed E-state index contributed by atoms with van der Waals surface area (Å²) in [6, 6.07) is 0.802. The van der Waals surface area contributed by atoms with Crippen LogP contribution in [0.4, 0.5) is 0 Å². The molecule has 0 aliphatic carbocycles. The van der Waals surface area contributed by atoms with Gasteiger partial charge >= 0.3 is 0 Å².